The Kier molecular flexibility index (Phi) is 5.15. The summed E-state index contributed by atoms with van der Waals surface area (Å²) in [6.45, 7) is 0. The highest BCUT2D eigenvalue weighted by atomic mass is 14.8. The van der Waals surface area contributed by atoms with Crippen LogP contribution in [0.5, 0.6) is 0 Å². The van der Waals surface area contributed by atoms with Crippen LogP contribution in [0.25, 0.3) is 55.0 Å². The van der Waals surface area contributed by atoms with E-state index in [-0.39, 0.29) is 0 Å². The summed E-state index contributed by atoms with van der Waals surface area (Å²) in [5, 5.41) is 4.66. The molecule has 2 aromatic heterocycles. The van der Waals surface area contributed by atoms with Gasteiger partial charge in [0.25, 0.3) is 0 Å². The zero-order chi connectivity index (χ0) is 28.4. The maximum Gasteiger partial charge on any atom is 0.0972 e. The molecular formula is C41H26N2. The third-order valence-electron chi connectivity index (χ3n) is 9.15. The number of aromatic nitrogens is 2. The van der Waals surface area contributed by atoms with Gasteiger partial charge < -0.3 is 0 Å². The first-order valence-corrected chi connectivity index (χ1v) is 14.8. The first-order chi connectivity index (χ1) is 21.3. The first-order valence-electron chi connectivity index (χ1n) is 14.8. The Balaban J connectivity index is 1.47. The molecule has 0 atom stereocenters. The van der Waals surface area contributed by atoms with Gasteiger partial charge in [-0.3, -0.25) is 4.98 Å². The van der Waals surface area contributed by atoms with E-state index < -0.39 is 5.41 Å². The van der Waals surface area contributed by atoms with E-state index in [1.54, 1.807) is 0 Å². The Morgan fingerprint density at radius 3 is 1.88 bits per heavy atom. The normalized spacial score (nSPS) is 13.3. The van der Waals surface area contributed by atoms with Gasteiger partial charge in [0.1, 0.15) is 0 Å². The predicted octanol–water partition coefficient (Wildman–Crippen LogP) is 9.97. The van der Waals surface area contributed by atoms with Gasteiger partial charge in [0.15, 0.2) is 0 Å². The molecule has 43 heavy (non-hydrogen) atoms. The number of hydrogen-bond donors (Lipinski definition) is 0. The fraction of sp³-hybridized carbons (Fsp3) is 0.0244. The first kappa shape index (κ1) is 24.0. The summed E-state index contributed by atoms with van der Waals surface area (Å²) in [5.41, 5.74) is 11.1. The molecule has 0 unspecified atom stereocenters. The second-order valence-corrected chi connectivity index (χ2v) is 11.3. The molecule has 0 bridgehead atoms. The molecule has 9 rings (SSSR count). The largest absolute Gasteiger partial charge is 0.254 e. The van der Waals surface area contributed by atoms with Crippen molar-refractivity contribution in [1.82, 2.24) is 9.97 Å². The quantitative estimate of drug-likeness (QED) is 0.206. The number of fused-ring (bicyclic) bond motifs is 8. The lowest BCUT2D eigenvalue weighted by Gasteiger charge is -2.34. The van der Waals surface area contributed by atoms with Gasteiger partial charge in [-0.1, -0.05) is 133 Å². The molecule has 0 N–H and O–H groups in total. The van der Waals surface area contributed by atoms with Gasteiger partial charge in [0, 0.05) is 22.5 Å². The van der Waals surface area contributed by atoms with Crippen molar-refractivity contribution in [1.29, 1.82) is 0 Å². The van der Waals surface area contributed by atoms with Crippen molar-refractivity contribution in [2.45, 2.75) is 5.41 Å². The molecule has 6 aromatic carbocycles. The molecule has 1 aliphatic carbocycles. The van der Waals surface area contributed by atoms with E-state index in [2.05, 4.69) is 146 Å². The second-order valence-electron chi connectivity index (χ2n) is 11.3. The van der Waals surface area contributed by atoms with Crippen molar-refractivity contribution in [2.24, 2.45) is 0 Å². The minimum absolute atomic E-state index is 0.491. The topological polar surface area (TPSA) is 25.8 Å². The minimum Gasteiger partial charge on any atom is -0.254 e. The van der Waals surface area contributed by atoms with E-state index in [1.165, 1.54) is 44.2 Å². The van der Waals surface area contributed by atoms with Crippen LogP contribution in [-0.4, -0.2) is 9.97 Å². The van der Waals surface area contributed by atoms with E-state index in [0.29, 0.717) is 0 Å². The molecule has 1 aliphatic rings. The van der Waals surface area contributed by atoms with Crippen LogP contribution in [0.3, 0.4) is 0 Å². The van der Waals surface area contributed by atoms with Gasteiger partial charge in [-0.2, -0.15) is 0 Å². The Morgan fingerprint density at radius 2 is 1.09 bits per heavy atom. The monoisotopic (exact) mass is 546 g/mol. The molecule has 0 radical (unpaired) electrons. The van der Waals surface area contributed by atoms with Gasteiger partial charge in [-0.25, -0.2) is 4.98 Å². The van der Waals surface area contributed by atoms with Crippen LogP contribution in [0, 0.1) is 0 Å². The van der Waals surface area contributed by atoms with E-state index >= 15 is 0 Å². The van der Waals surface area contributed by atoms with Crippen LogP contribution in [0.15, 0.2) is 158 Å². The average Bonchev–Trinajstić information content (AvgIpc) is 3.41. The van der Waals surface area contributed by atoms with Crippen LogP contribution in [-0.2, 0) is 5.41 Å². The van der Waals surface area contributed by atoms with Crippen LogP contribution in [0.1, 0.15) is 22.3 Å². The fourth-order valence-electron chi connectivity index (χ4n) is 7.40. The number of nitrogens with zero attached hydrogens (tertiary/aromatic N) is 2. The molecule has 0 saturated heterocycles. The van der Waals surface area contributed by atoms with Gasteiger partial charge in [-0.15, -0.1) is 0 Å². The highest BCUT2D eigenvalue weighted by molar-refractivity contribution is 6.08. The minimum atomic E-state index is -0.491. The molecule has 2 heteroatoms. The highest BCUT2D eigenvalue weighted by Gasteiger charge is 2.48. The average molecular weight is 547 g/mol. The van der Waals surface area contributed by atoms with Crippen molar-refractivity contribution in [3.05, 3.63) is 180 Å². The SMILES string of the molecule is c1ccc(C2(c3ccccc3)c3ccccc3-c3c(-c4ccc5ccc6cccnc6c5n4)cc4ccccc4c32)cc1. The number of hydrogen-bond acceptors (Lipinski definition) is 2. The van der Waals surface area contributed by atoms with E-state index in [1.807, 2.05) is 12.3 Å². The maximum atomic E-state index is 5.36. The number of pyridine rings is 2. The van der Waals surface area contributed by atoms with Gasteiger partial charge in [0.05, 0.1) is 22.1 Å². The Labute approximate surface area is 250 Å². The lowest BCUT2D eigenvalue weighted by Crippen LogP contribution is -2.28. The van der Waals surface area contributed by atoms with E-state index in [0.717, 1.165) is 33.1 Å². The molecule has 0 amide bonds. The van der Waals surface area contributed by atoms with Crippen molar-refractivity contribution >= 4 is 32.6 Å². The third-order valence-corrected chi connectivity index (χ3v) is 9.15. The second kappa shape index (κ2) is 9.20. The Morgan fingerprint density at radius 1 is 0.465 bits per heavy atom. The summed E-state index contributed by atoms with van der Waals surface area (Å²) >= 11 is 0. The van der Waals surface area contributed by atoms with Crippen molar-refractivity contribution in [3.8, 4) is 22.4 Å². The third kappa shape index (κ3) is 3.35. The Hall–Kier alpha value is -5.60. The Bertz CT molecular complexity index is 2300. The molecular weight excluding hydrogens is 520 g/mol. The molecule has 200 valence electrons. The predicted molar refractivity (Wildman–Crippen MR) is 177 cm³/mol. The number of rotatable bonds is 3. The lowest BCUT2D eigenvalue weighted by molar-refractivity contribution is 0.775. The van der Waals surface area contributed by atoms with E-state index in [4.69, 9.17) is 9.97 Å². The van der Waals surface area contributed by atoms with Crippen molar-refractivity contribution < 1.29 is 0 Å². The van der Waals surface area contributed by atoms with Gasteiger partial charge in [-0.05, 0) is 62.4 Å². The summed E-state index contributed by atoms with van der Waals surface area (Å²) < 4.78 is 0. The molecule has 8 aromatic rings. The summed E-state index contributed by atoms with van der Waals surface area (Å²) in [6.07, 6.45) is 1.86. The van der Waals surface area contributed by atoms with Gasteiger partial charge in [0.2, 0.25) is 0 Å². The highest BCUT2D eigenvalue weighted by Crippen LogP contribution is 2.60. The zero-order valence-corrected chi connectivity index (χ0v) is 23.4. The fourth-order valence-corrected chi connectivity index (χ4v) is 7.40. The maximum absolute atomic E-state index is 5.36. The van der Waals surface area contributed by atoms with Crippen LogP contribution in [0.2, 0.25) is 0 Å². The molecule has 0 aliphatic heterocycles. The van der Waals surface area contributed by atoms with Crippen LogP contribution < -0.4 is 0 Å². The van der Waals surface area contributed by atoms with Crippen molar-refractivity contribution in [2.75, 3.05) is 0 Å². The smallest absolute Gasteiger partial charge is 0.0972 e. The lowest BCUT2D eigenvalue weighted by atomic mass is 9.66. The molecule has 0 saturated carbocycles. The summed E-state index contributed by atoms with van der Waals surface area (Å²) in [5.74, 6) is 0. The summed E-state index contributed by atoms with van der Waals surface area (Å²) in [4.78, 5) is 10.1. The molecule has 0 fully saturated rings. The van der Waals surface area contributed by atoms with Gasteiger partial charge >= 0.3 is 0 Å². The number of benzene rings is 6. The molecule has 2 heterocycles. The van der Waals surface area contributed by atoms with Crippen LogP contribution in [0.4, 0.5) is 0 Å². The summed E-state index contributed by atoms with van der Waals surface area (Å²) in [6, 6.07) is 54.8. The molecule has 2 nitrogen and oxygen atoms in total. The standard InChI is InChI=1S/C41H26N2/c1-3-14-30(15-4-1)41(31-16-5-2-6-17-31)35-20-10-9-19-33(35)37-34(26-29-12-7-8-18-32(29)38(37)41)36-24-23-28-22-21-27-13-11-25-42-39(27)40(28)43-36/h1-26H. The van der Waals surface area contributed by atoms with Crippen LogP contribution >= 0.6 is 0 Å². The zero-order valence-electron chi connectivity index (χ0n) is 23.4. The molecule has 0 spiro atoms. The summed E-state index contributed by atoms with van der Waals surface area (Å²) in [7, 11) is 0. The van der Waals surface area contributed by atoms with Crippen molar-refractivity contribution in [3.63, 3.8) is 0 Å². The van der Waals surface area contributed by atoms with E-state index in [9.17, 15) is 0 Å².